The molecule has 0 unspecified atom stereocenters. The molecule has 4 heteroatoms. The lowest BCUT2D eigenvalue weighted by atomic mass is 10.2. The topological polar surface area (TPSA) is 35.5 Å². The first-order valence-electron chi connectivity index (χ1n) is 6.42. The molecule has 2 rings (SSSR count). The number of anilines is 2. The van der Waals surface area contributed by atoms with E-state index in [1.54, 1.807) is 0 Å². The summed E-state index contributed by atoms with van der Waals surface area (Å²) in [6, 6.07) is 15.7. The van der Waals surface area contributed by atoms with Crippen LogP contribution in [0.4, 0.5) is 11.4 Å². The average molecular weight is 286 g/mol. The van der Waals surface area contributed by atoms with Crippen molar-refractivity contribution in [1.82, 2.24) is 0 Å². The van der Waals surface area contributed by atoms with E-state index in [1.807, 2.05) is 48.3 Å². The standard InChI is InChI=1S/C16H18N2OS/c1-12-6-5-8-14(10-12)18(2)16(20)17-15-9-4-3-7-13(15)11-19/h3-10,19H,11H2,1-2H3,(H,17,20). The summed E-state index contributed by atoms with van der Waals surface area (Å²) in [5.41, 5.74) is 3.88. The number of thiocarbonyl (C=S) groups is 1. The van der Waals surface area contributed by atoms with E-state index in [1.165, 1.54) is 5.56 Å². The average Bonchev–Trinajstić information content (AvgIpc) is 2.47. The molecule has 0 atom stereocenters. The highest BCUT2D eigenvalue weighted by molar-refractivity contribution is 7.80. The van der Waals surface area contributed by atoms with E-state index < -0.39 is 0 Å². The van der Waals surface area contributed by atoms with Gasteiger partial charge in [0.1, 0.15) is 0 Å². The summed E-state index contributed by atoms with van der Waals surface area (Å²) in [6.07, 6.45) is 0. The summed E-state index contributed by atoms with van der Waals surface area (Å²) in [7, 11) is 1.92. The minimum Gasteiger partial charge on any atom is -0.392 e. The molecule has 0 heterocycles. The molecule has 0 aliphatic rings. The second kappa shape index (κ2) is 6.50. The second-order valence-corrected chi connectivity index (χ2v) is 5.03. The Balaban J connectivity index is 2.15. The highest BCUT2D eigenvalue weighted by Crippen LogP contribution is 2.18. The molecule has 0 spiro atoms. The van der Waals surface area contributed by atoms with E-state index in [4.69, 9.17) is 12.2 Å². The van der Waals surface area contributed by atoms with Gasteiger partial charge in [0.25, 0.3) is 0 Å². The molecule has 2 aromatic rings. The zero-order chi connectivity index (χ0) is 14.5. The largest absolute Gasteiger partial charge is 0.392 e. The molecule has 0 amide bonds. The van der Waals surface area contributed by atoms with Gasteiger partial charge in [-0.15, -0.1) is 0 Å². The van der Waals surface area contributed by atoms with Crippen LogP contribution < -0.4 is 10.2 Å². The third-order valence-corrected chi connectivity index (χ3v) is 3.50. The van der Waals surface area contributed by atoms with Crippen LogP contribution in [0.1, 0.15) is 11.1 Å². The molecule has 0 bridgehead atoms. The fraction of sp³-hybridized carbons (Fsp3) is 0.188. The summed E-state index contributed by atoms with van der Waals surface area (Å²) < 4.78 is 0. The molecule has 0 aliphatic carbocycles. The fourth-order valence-corrected chi connectivity index (χ4v) is 2.15. The van der Waals surface area contributed by atoms with Crippen molar-refractivity contribution < 1.29 is 5.11 Å². The van der Waals surface area contributed by atoms with Crippen molar-refractivity contribution in [3.05, 3.63) is 59.7 Å². The first-order valence-corrected chi connectivity index (χ1v) is 6.83. The molecule has 0 radical (unpaired) electrons. The molecular weight excluding hydrogens is 268 g/mol. The Morgan fingerprint density at radius 3 is 2.65 bits per heavy atom. The van der Waals surface area contributed by atoms with E-state index in [0.29, 0.717) is 5.11 Å². The van der Waals surface area contributed by atoms with E-state index >= 15 is 0 Å². The van der Waals surface area contributed by atoms with Gasteiger partial charge in [-0.3, -0.25) is 0 Å². The smallest absolute Gasteiger partial charge is 0.177 e. The molecular formula is C16H18N2OS. The number of nitrogens with zero attached hydrogens (tertiary/aromatic N) is 1. The highest BCUT2D eigenvalue weighted by Gasteiger charge is 2.09. The number of hydrogen-bond acceptors (Lipinski definition) is 2. The molecule has 0 fully saturated rings. The fourth-order valence-electron chi connectivity index (χ4n) is 1.93. The number of rotatable bonds is 3. The van der Waals surface area contributed by atoms with Gasteiger partial charge in [0.05, 0.1) is 6.61 Å². The molecule has 3 nitrogen and oxygen atoms in total. The van der Waals surface area contributed by atoms with Crippen LogP contribution >= 0.6 is 12.2 Å². The summed E-state index contributed by atoms with van der Waals surface area (Å²) in [5.74, 6) is 0. The maximum absolute atomic E-state index is 9.33. The van der Waals surface area contributed by atoms with Crippen molar-refractivity contribution in [2.75, 3.05) is 17.3 Å². The maximum Gasteiger partial charge on any atom is 0.177 e. The number of para-hydroxylation sites is 1. The van der Waals surface area contributed by atoms with Gasteiger partial charge in [0.2, 0.25) is 0 Å². The Labute approximate surface area is 124 Å². The lowest BCUT2D eigenvalue weighted by molar-refractivity contribution is 0.282. The first kappa shape index (κ1) is 14.5. The zero-order valence-corrected chi connectivity index (χ0v) is 12.4. The van der Waals surface area contributed by atoms with Gasteiger partial charge in [-0.1, -0.05) is 30.3 Å². The van der Waals surface area contributed by atoms with Crippen LogP contribution in [0.2, 0.25) is 0 Å². The van der Waals surface area contributed by atoms with E-state index in [2.05, 4.69) is 24.4 Å². The highest BCUT2D eigenvalue weighted by atomic mass is 32.1. The Kier molecular flexibility index (Phi) is 4.71. The van der Waals surface area contributed by atoms with Crippen LogP contribution in [-0.2, 0) is 6.61 Å². The molecule has 0 saturated heterocycles. The normalized spacial score (nSPS) is 10.2. The molecule has 2 N–H and O–H groups in total. The van der Waals surface area contributed by atoms with Gasteiger partial charge in [0.15, 0.2) is 5.11 Å². The third-order valence-electron chi connectivity index (χ3n) is 3.12. The number of aliphatic hydroxyl groups excluding tert-OH is 1. The SMILES string of the molecule is Cc1cccc(N(C)C(=S)Nc2ccccc2CO)c1. The summed E-state index contributed by atoms with van der Waals surface area (Å²) >= 11 is 5.42. The minimum atomic E-state index is -0.0139. The molecule has 0 aromatic heterocycles. The van der Waals surface area contributed by atoms with Crippen LogP contribution in [-0.4, -0.2) is 17.3 Å². The van der Waals surface area contributed by atoms with Crippen molar-refractivity contribution in [1.29, 1.82) is 0 Å². The van der Waals surface area contributed by atoms with Crippen molar-refractivity contribution in [3.63, 3.8) is 0 Å². The Bertz CT molecular complexity index is 613. The lowest BCUT2D eigenvalue weighted by Crippen LogP contribution is -2.31. The monoisotopic (exact) mass is 286 g/mol. The number of hydrogen-bond donors (Lipinski definition) is 2. The van der Waals surface area contributed by atoms with E-state index in [-0.39, 0.29) is 6.61 Å². The second-order valence-electron chi connectivity index (χ2n) is 4.64. The van der Waals surface area contributed by atoms with Gasteiger partial charge in [-0.05, 0) is 42.9 Å². The van der Waals surface area contributed by atoms with Crippen LogP contribution in [0.25, 0.3) is 0 Å². The summed E-state index contributed by atoms with van der Waals surface area (Å²) in [5, 5.41) is 13.1. The third kappa shape index (κ3) is 3.35. The number of nitrogens with one attached hydrogen (secondary N) is 1. The number of aryl methyl sites for hydroxylation is 1. The molecule has 2 aromatic carbocycles. The Morgan fingerprint density at radius 1 is 1.20 bits per heavy atom. The minimum absolute atomic E-state index is 0.0139. The maximum atomic E-state index is 9.33. The Hall–Kier alpha value is -1.91. The summed E-state index contributed by atoms with van der Waals surface area (Å²) in [4.78, 5) is 1.91. The molecule has 20 heavy (non-hydrogen) atoms. The predicted molar refractivity (Wildman–Crippen MR) is 88.2 cm³/mol. The van der Waals surface area contributed by atoms with Gasteiger partial charge < -0.3 is 15.3 Å². The van der Waals surface area contributed by atoms with Crippen LogP contribution in [0.3, 0.4) is 0 Å². The van der Waals surface area contributed by atoms with Crippen LogP contribution in [0, 0.1) is 6.92 Å². The van der Waals surface area contributed by atoms with Crippen molar-refractivity contribution in [2.24, 2.45) is 0 Å². The van der Waals surface area contributed by atoms with Crippen molar-refractivity contribution in [3.8, 4) is 0 Å². The molecule has 104 valence electrons. The zero-order valence-electron chi connectivity index (χ0n) is 11.6. The van der Waals surface area contributed by atoms with Crippen molar-refractivity contribution in [2.45, 2.75) is 13.5 Å². The predicted octanol–water partition coefficient (Wildman–Crippen LogP) is 3.32. The van der Waals surface area contributed by atoms with E-state index in [9.17, 15) is 5.11 Å². The lowest BCUT2D eigenvalue weighted by Gasteiger charge is -2.22. The molecule has 0 aliphatic heterocycles. The molecule has 0 saturated carbocycles. The number of benzene rings is 2. The van der Waals surface area contributed by atoms with Gasteiger partial charge in [-0.2, -0.15) is 0 Å². The quantitative estimate of drug-likeness (QED) is 0.849. The Morgan fingerprint density at radius 2 is 1.95 bits per heavy atom. The van der Waals surface area contributed by atoms with Gasteiger partial charge >= 0.3 is 0 Å². The van der Waals surface area contributed by atoms with Gasteiger partial charge in [0, 0.05) is 24.0 Å². The van der Waals surface area contributed by atoms with Gasteiger partial charge in [-0.25, -0.2) is 0 Å². The van der Waals surface area contributed by atoms with E-state index in [0.717, 1.165) is 16.9 Å². The number of aliphatic hydroxyl groups is 1. The van der Waals surface area contributed by atoms with Crippen LogP contribution in [0.5, 0.6) is 0 Å². The first-order chi connectivity index (χ1) is 9.61. The summed E-state index contributed by atoms with van der Waals surface area (Å²) in [6.45, 7) is 2.04. The van der Waals surface area contributed by atoms with Crippen molar-refractivity contribution >= 4 is 28.7 Å². The van der Waals surface area contributed by atoms with Crippen LogP contribution in [0.15, 0.2) is 48.5 Å².